The maximum Gasteiger partial charge on any atom is 0.243 e. The number of rotatable bonds is 6. The van der Waals surface area contributed by atoms with E-state index in [1.165, 1.54) is 0 Å². The molecule has 0 fully saturated rings. The fraction of sp³-hybridized carbons (Fsp3) is 0.188. The average molecular weight is 286 g/mol. The molecule has 5 nitrogen and oxygen atoms in total. The van der Waals surface area contributed by atoms with Gasteiger partial charge in [-0.25, -0.2) is 0 Å². The number of hydrogen-bond donors (Lipinski definition) is 2. The first-order valence-corrected chi connectivity index (χ1v) is 6.53. The van der Waals surface area contributed by atoms with Gasteiger partial charge >= 0.3 is 0 Å². The first-order chi connectivity index (χ1) is 10.2. The molecule has 21 heavy (non-hydrogen) atoms. The number of anilines is 2. The van der Waals surface area contributed by atoms with Crippen LogP contribution in [-0.4, -0.2) is 26.7 Å². The van der Waals surface area contributed by atoms with Crippen LogP contribution < -0.4 is 20.1 Å². The number of hydrogen-bond acceptors (Lipinski definition) is 4. The normalized spacial score (nSPS) is 9.81. The highest BCUT2D eigenvalue weighted by atomic mass is 16.5. The number of methoxy groups -OCH3 is 2. The van der Waals surface area contributed by atoms with Gasteiger partial charge in [-0.05, 0) is 24.3 Å². The molecule has 1 amide bonds. The van der Waals surface area contributed by atoms with Crippen LogP contribution in [0.1, 0.15) is 0 Å². The van der Waals surface area contributed by atoms with Crippen LogP contribution in [0.3, 0.4) is 0 Å². The van der Waals surface area contributed by atoms with Crippen molar-refractivity contribution in [2.24, 2.45) is 0 Å². The lowest BCUT2D eigenvalue weighted by atomic mass is 10.2. The van der Waals surface area contributed by atoms with Crippen LogP contribution in [0.2, 0.25) is 0 Å². The second-order valence-corrected chi connectivity index (χ2v) is 4.33. The van der Waals surface area contributed by atoms with E-state index in [1.54, 1.807) is 32.4 Å². The molecule has 0 aliphatic carbocycles. The van der Waals surface area contributed by atoms with Crippen molar-refractivity contribution in [1.82, 2.24) is 0 Å². The molecule has 0 bridgehead atoms. The first kappa shape index (κ1) is 14.7. The zero-order valence-electron chi connectivity index (χ0n) is 12.1. The van der Waals surface area contributed by atoms with Crippen LogP contribution in [0.5, 0.6) is 11.5 Å². The van der Waals surface area contributed by atoms with E-state index in [0.717, 1.165) is 5.69 Å². The van der Waals surface area contributed by atoms with Crippen LogP contribution in [0.4, 0.5) is 11.4 Å². The van der Waals surface area contributed by atoms with Crippen LogP contribution in [0.25, 0.3) is 0 Å². The van der Waals surface area contributed by atoms with Crippen LogP contribution in [0.15, 0.2) is 48.5 Å². The van der Waals surface area contributed by atoms with Crippen molar-refractivity contribution >= 4 is 17.3 Å². The minimum absolute atomic E-state index is 0.162. The third kappa shape index (κ3) is 4.14. The van der Waals surface area contributed by atoms with Crippen molar-refractivity contribution in [3.63, 3.8) is 0 Å². The van der Waals surface area contributed by atoms with Gasteiger partial charge in [0.1, 0.15) is 11.5 Å². The standard InChI is InChI=1S/C16H18N2O3/c1-20-13-8-9-15(21-2)14(10-13)18-16(19)11-17-12-6-4-3-5-7-12/h3-10,17H,11H2,1-2H3,(H,18,19). The second kappa shape index (κ2) is 7.19. The van der Waals surface area contributed by atoms with Crippen LogP contribution in [0, 0.1) is 0 Å². The van der Waals surface area contributed by atoms with Gasteiger partial charge < -0.3 is 20.1 Å². The van der Waals surface area contributed by atoms with Gasteiger partial charge in [-0.3, -0.25) is 4.79 Å². The summed E-state index contributed by atoms with van der Waals surface area (Å²) in [5.41, 5.74) is 1.47. The Balaban J connectivity index is 1.99. The SMILES string of the molecule is COc1ccc(OC)c(NC(=O)CNc2ccccc2)c1. The number of amides is 1. The predicted octanol–water partition coefficient (Wildman–Crippen LogP) is 2.75. The molecule has 0 spiro atoms. The largest absolute Gasteiger partial charge is 0.497 e. The summed E-state index contributed by atoms with van der Waals surface area (Å²) >= 11 is 0. The Hall–Kier alpha value is -2.69. The van der Waals surface area contributed by atoms with E-state index in [9.17, 15) is 4.79 Å². The van der Waals surface area contributed by atoms with Crippen molar-refractivity contribution in [2.75, 3.05) is 31.4 Å². The highest BCUT2D eigenvalue weighted by Gasteiger charge is 2.08. The Morgan fingerprint density at radius 1 is 1.05 bits per heavy atom. The molecular weight excluding hydrogens is 268 g/mol. The number of benzene rings is 2. The van der Waals surface area contributed by atoms with Gasteiger partial charge in [0, 0.05) is 11.8 Å². The lowest BCUT2D eigenvalue weighted by molar-refractivity contribution is -0.114. The molecule has 0 saturated heterocycles. The Kier molecular flexibility index (Phi) is 5.04. The van der Waals surface area contributed by atoms with E-state index in [2.05, 4.69) is 10.6 Å². The van der Waals surface area contributed by atoms with Crippen molar-refractivity contribution in [3.8, 4) is 11.5 Å². The molecule has 0 aromatic heterocycles. The monoisotopic (exact) mass is 286 g/mol. The van der Waals surface area contributed by atoms with E-state index in [-0.39, 0.29) is 12.5 Å². The minimum atomic E-state index is -0.162. The Morgan fingerprint density at radius 3 is 2.48 bits per heavy atom. The fourth-order valence-electron chi connectivity index (χ4n) is 1.84. The molecular formula is C16H18N2O3. The molecule has 0 unspecified atom stereocenters. The van der Waals surface area contributed by atoms with Gasteiger partial charge in [-0.1, -0.05) is 18.2 Å². The Bertz CT molecular complexity index is 600. The maximum absolute atomic E-state index is 12.0. The molecule has 2 N–H and O–H groups in total. The van der Waals surface area contributed by atoms with E-state index in [4.69, 9.17) is 9.47 Å². The van der Waals surface area contributed by atoms with Gasteiger partial charge in [0.25, 0.3) is 0 Å². The zero-order valence-corrected chi connectivity index (χ0v) is 12.1. The smallest absolute Gasteiger partial charge is 0.243 e. The lowest BCUT2D eigenvalue weighted by Gasteiger charge is -2.12. The Labute approximate surface area is 123 Å². The van der Waals surface area contributed by atoms with Crippen molar-refractivity contribution < 1.29 is 14.3 Å². The topological polar surface area (TPSA) is 59.6 Å². The summed E-state index contributed by atoms with van der Waals surface area (Å²) in [5.74, 6) is 1.08. The molecule has 5 heteroatoms. The summed E-state index contributed by atoms with van der Waals surface area (Å²) in [7, 11) is 3.13. The molecule has 110 valence electrons. The number of nitrogens with one attached hydrogen (secondary N) is 2. The highest BCUT2D eigenvalue weighted by Crippen LogP contribution is 2.28. The van der Waals surface area contributed by atoms with Crippen molar-refractivity contribution in [3.05, 3.63) is 48.5 Å². The highest BCUT2D eigenvalue weighted by molar-refractivity contribution is 5.95. The number of carbonyl (C=O) groups is 1. The molecule has 0 heterocycles. The molecule has 0 saturated carbocycles. The molecule has 0 atom stereocenters. The molecule has 0 aliphatic rings. The quantitative estimate of drug-likeness (QED) is 0.857. The zero-order chi connectivity index (χ0) is 15.1. The van der Waals surface area contributed by atoms with Gasteiger partial charge in [0.05, 0.1) is 26.5 Å². The van der Waals surface area contributed by atoms with E-state index < -0.39 is 0 Å². The van der Waals surface area contributed by atoms with E-state index >= 15 is 0 Å². The summed E-state index contributed by atoms with van der Waals surface area (Å²) in [4.78, 5) is 12.0. The maximum atomic E-state index is 12.0. The second-order valence-electron chi connectivity index (χ2n) is 4.33. The first-order valence-electron chi connectivity index (χ1n) is 6.53. The van der Waals surface area contributed by atoms with Crippen LogP contribution >= 0.6 is 0 Å². The molecule has 2 aromatic carbocycles. The van der Waals surface area contributed by atoms with E-state index in [1.807, 2.05) is 30.3 Å². The number of carbonyl (C=O) groups excluding carboxylic acids is 1. The molecule has 0 radical (unpaired) electrons. The van der Waals surface area contributed by atoms with Gasteiger partial charge in [0.2, 0.25) is 5.91 Å². The summed E-state index contributed by atoms with van der Waals surface area (Å²) in [6, 6.07) is 14.8. The molecule has 2 rings (SSSR count). The number of para-hydroxylation sites is 1. The lowest BCUT2D eigenvalue weighted by Crippen LogP contribution is -2.22. The van der Waals surface area contributed by atoms with Gasteiger partial charge in [0.15, 0.2) is 0 Å². The number of ether oxygens (including phenoxy) is 2. The third-order valence-electron chi connectivity index (χ3n) is 2.91. The summed E-state index contributed by atoms with van der Waals surface area (Å²) in [6.45, 7) is 0.171. The van der Waals surface area contributed by atoms with Gasteiger partial charge in [-0.2, -0.15) is 0 Å². The van der Waals surface area contributed by atoms with Crippen molar-refractivity contribution in [1.29, 1.82) is 0 Å². The average Bonchev–Trinajstić information content (AvgIpc) is 2.54. The molecule has 0 aliphatic heterocycles. The third-order valence-corrected chi connectivity index (χ3v) is 2.91. The predicted molar refractivity (Wildman–Crippen MR) is 83.1 cm³/mol. The van der Waals surface area contributed by atoms with Crippen LogP contribution in [-0.2, 0) is 4.79 Å². The summed E-state index contributed by atoms with van der Waals surface area (Å²) in [6.07, 6.45) is 0. The summed E-state index contributed by atoms with van der Waals surface area (Å²) in [5, 5.41) is 5.85. The molecule has 2 aromatic rings. The summed E-state index contributed by atoms with van der Waals surface area (Å²) < 4.78 is 10.4. The Morgan fingerprint density at radius 2 is 1.81 bits per heavy atom. The van der Waals surface area contributed by atoms with Crippen molar-refractivity contribution in [2.45, 2.75) is 0 Å². The van der Waals surface area contributed by atoms with E-state index in [0.29, 0.717) is 17.2 Å². The fourth-order valence-corrected chi connectivity index (χ4v) is 1.84. The minimum Gasteiger partial charge on any atom is -0.497 e. The van der Waals surface area contributed by atoms with Gasteiger partial charge in [-0.15, -0.1) is 0 Å².